The van der Waals surface area contributed by atoms with Gasteiger partial charge in [-0.05, 0) is 165 Å². The van der Waals surface area contributed by atoms with Gasteiger partial charge in [0.25, 0.3) is 30.4 Å². The monoisotopic (exact) mass is 1370 g/mol. The number of aromatic hydroxyl groups is 2. The molecule has 0 aromatic heterocycles. The van der Waals surface area contributed by atoms with Crippen LogP contribution < -0.4 is 28.3 Å². The standard InChI is InChI=1S/C44H35N13O11S3.3C6H15NO/c45-24-3-12-35(33(47)17-24)54-51-28-5-1-22-15-39(70(63,64)65)41(43(58)31(22)19-28)56-50-27-9-7-26(8-10-27)49-37-14-11-30(21-38(37)69(60,61)62)53-57-42-40(71(66,67)68)16-23-2-6-29(20-32(23)44(42)59)52-55-36-13-4-25(46)18-34(36)48;3*1-3-7(4-2)5-6-8/h1-21,49,58-59H,45-48H2,(H,60,61,62)(H,63,64,65)(H,66,67,68);3*8H,3-6H2,1-2H3. The van der Waals surface area contributed by atoms with Gasteiger partial charge in [0, 0.05) is 47.5 Å². The lowest BCUT2D eigenvalue weighted by Gasteiger charge is -2.15. The number of nitrogens with one attached hydrogen (secondary N) is 1. The van der Waals surface area contributed by atoms with E-state index < -0.39 is 67.9 Å². The van der Waals surface area contributed by atoms with Gasteiger partial charge in [-0.1, -0.05) is 53.7 Å². The number of nitrogens with zero attached hydrogens (tertiary/aromatic N) is 11. The first-order chi connectivity index (χ1) is 45.0. The van der Waals surface area contributed by atoms with Crippen molar-refractivity contribution in [1.29, 1.82) is 0 Å². The van der Waals surface area contributed by atoms with E-state index in [0.29, 0.717) is 22.7 Å². The number of likely N-dealkylation sites (N-methyl/N-ethyl adjacent to an activating group) is 3. The molecule has 95 heavy (non-hydrogen) atoms. The van der Waals surface area contributed by atoms with Crippen LogP contribution in [-0.4, -0.2) is 158 Å². The van der Waals surface area contributed by atoms with Crippen molar-refractivity contribution < 1.29 is 64.4 Å². The lowest BCUT2D eigenvalue weighted by Crippen LogP contribution is -2.25. The fraction of sp³-hybridized carbons (Fsp3) is 0.290. The van der Waals surface area contributed by atoms with Gasteiger partial charge in [-0.15, -0.1) is 20.5 Å². The number of phenols is 2. The second-order valence-corrected chi connectivity index (χ2v) is 24.6. The molecule has 17 N–H and O–H groups in total. The Bertz CT molecular complexity index is 4350. The molecular formula is C62H80N16O14S3. The Hall–Kier alpha value is -9.23. The third kappa shape index (κ3) is 22.5. The summed E-state index contributed by atoms with van der Waals surface area (Å²) in [6, 6.07) is 28.8. The molecule has 0 amide bonds. The van der Waals surface area contributed by atoms with Crippen molar-refractivity contribution in [3.8, 4) is 11.5 Å². The van der Waals surface area contributed by atoms with Gasteiger partial charge in [-0.3, -0.25) is 13.7 Å². The van der Waals surface area contributed by atoms with Gasteiger partial charge in [0.15, 0.2) is 11.5 Å². The van der Waals surface area contributed by atoms with Crippen molar-refractivity contribution in [3.05, 3.63) is 127 Å². The van der Waals surface area contributed by atoms with Crippen LogP contribution >= 0.6 is 0 Å². The van der Waals surface area contributed by atoms with Crippen LogP contribution in [0.1, 0.15) is 41.5 Å². The first-order valence-corrected chi connectivity index (χ1v) is 33.9. The minimum absolute atomic E-state index is 0.0185. The molecule has 0 unspecified atom stereocenters. The van der Waals surface area contributed by atoms with Crippen LogP contribution in [0.5, 0.6) is 11.5 Å². The Balaban J connectivity index is 0.000000576. The maximum absolute atomic E-state index is 12.6. The Morgan fingerprint density at radius 3 is 1.06 bits per heavy atom. The number of rotatable bonds is 25. The van der Waals surface area contributed by atoms with Gasteiger partial charge < -0.3 is 68.5 Å². The molecule has 0 aliphatic heterocycles. The van der Waals surface area contributed by atoms with E-state index in [9.17, 15) is 49.1 Å². The van der Waals surface area contributed by atoms with Crippen molar-refractivity contribution >= 4 is 132 Å². The highest BCUT2D eigenvalue weighted by molar-refractivity contribution is 7.86. The summed E-state index contributed by atoms with van der Waals surface area (Å²) < 4.78 is 105. The second-order valence-electron chi connectivity index (χ2n) is 20.4. The van der Waals surface area contributed by atoms with E-state index in [1.165, 1.54) is 91.0 Å². The predicted molar refractivity (Wildman–Crippen MR) is 369 cm³/mol. The molecule has 8 aromatic carbocycles. The topological polar surface area (TPSA) is 489 Å². The molecule has 8 aromatic rings. The molecule has 0 fully saturated rings. The molecule has 510 valence electrons. The molecule has 0 aliphatic carbocycles. The Kier molecular flexibility index (Phi) is 28.9. The third-order valence-corrected chi connectivity index (χ3v) is 16.8. The minimum atomic E-state index is -5.04. The van der Waals surface area contributed by atoms with Crippen LogP contribution in [0.25, 0.3) is 21.5 Å². The maximum Gasteiger partial charge on any atom is 0.296 e. The molecule has 8 rings (SSSR count). The second kappa shape index (κ2) is 35.9. The average Bonchev–Trinajstić information content (AvgIpc) is 0.780. The quantitative estimate of drug-likeness (QED) is 0.0144. The number of aliphatic hydroxyl groups is 3. The number of benzene rings is 8. The molecule has 33 heteroatoms. The summed E-state index contributed by atoms with van der Waals surface area (Å²) in [7, 11) is -15.0. The van der Waals surface area contributed by atoms with E-state index in [1.54, 1.807) is 18.2 Å². The number of nitrogens with two attached hydrogens (primary N) is 4. The number of aliphatic hydroxyl groups excluding tert-OH is 3. The Morgan fingerprint density at radius 2 is 0.726 bits per heavy atom. The van der Waals surface area contributed by atoms with Gasteiger partial charge in [0.1, 0.15) is 37.4 Å². The van der Waals surface area contributed by atoms with E-state index in [1.807, 2.05) is 0 Å². The van der Waals surface area contributed by atoms with Gasteiger partial charge in [0.05, 0.1) is 59.6 Å². The molecule has 0 radical (unpaired) electrons. The Morgan fingerprint density at radius 1 is 0.389 bits per heavy atom. The number of nitrogen functional groups attached to an aromatic ring is 4. The van der Waals surface area contributed by atoms with Crippen molar-refractivity contribution in [1.82, 2.24) is 14.7 Å². The van der Waals surface area contributed by atoms with E-state index in [-0.39, 0.29) is 86.9 Å². The van der Waals surface area contributed by atoms with Crippen LogP contribution in [0.4, 0.5) is 79.6 Å². The molecule has 0 spiro atoms. The van der Waals surface area contributed by atoms with Crippen LogP contribution in [0.15, 0.2) is 183 Å². The van der Waals surface area contributed by atoms with Crippen molar-refractivity contribution in [2.24, 2.45) is 40.9 Å². The van der Waals surface area contributed by atoms with Crippen molar-refractivity contribution in [2.45, 2.75) is 56.2 Å². The van der Waals surface area contributed by atoms with Crippen LogP contribution in [-0.2, 0) is 30.4 Å². The first-order valence-electron chi connectivity index (χ1n) is 29.6. The molecule has 0 aliphatic rings. The number of hydrogen-bond donors (Lipinski definition) is 13. The van der Waals surface area contributed by atoms with E-state index >= 15 is 0 Å². The van der Waals surface area contributed by atoms with Crippen molar-refractivity contribution in [3.63, 3.8) is 0 Å². The zero-order valence-electron chi connectivity index (χ0n) is 53.1. The van der Waals surface area contributed by atoms with E-state index in [2.05, 4.69) is 102 Å². The van der Waals surface area contributed by atoms with Gasteiger partial charge in [-0.2, -0.15) is 45.7 Å². The number of azo groups is 4. The van der Waals surface area contributed by atoms with Crippen LogP contribution in [0, 0.1) is 0 Å². The molecule has 0 atom stereocenters. The summed E-state index contributed by atoms with van der Waals surface area (Å²) in [6.07, 6.45) is 0. The summed E-state index contributed by atoms with van der Waals surface area (Å²) in [4.78, 5) is 4.24. The van der Waals surface area contributed by atoms with E-state index in [0.717, 1.165) is 77.1 Å². The predicted octanol–water partition coefficient (Wildman–Crippen LogP) is 11.8. The number of fused-ring (bicyclic) bond motifs is 2. The maximum atomic E-state index is 12.6. The van der Waals surface area contributed by atoms with Gasteiger partial charge >= 0.3 is 0 Å². The fourth-order valence-corrected chi connectivity index (χ4v) is 10.8. The van der Waals surface area contributed by atoms with E-state index in [4.69, 9.17) is 38.3 Å². The highest BCUT2D eigenvalue weighted by Gasteiger charge is 2.25. The SMILES string of the molecule is CCN(CC)CCO.CCN(CC)CCO.CCN(CC)CCO.Nc1ccc(N=Nc2ccc3cc(S(=O)(=O)O)c(N=Nc4ccc(Nc5ccc(N=Nc6c(S(=O)(=O)O)cc7ccc(N=Nc8ccc(N)cc8N)cc7c6O)cc5S(=O)(=O)O)cc4)c(O)c3c2)c(N)c1. The molecule has 0 saturated carbocycles. The average molecular weight is 1370 g/mol. The number of anilines is 6. The van der Waals surface area contributed by atoms with Crippen molar-refractivity contribution in [2.75, 3.05) is 107 Å². The third-order valence-electron chi connectivity index (χ3n) is 14.1. The summed E-state index contributed by atoms with van der Waals surface area (Å²) in [6.45, 7) is 22.1. The summed E-state index contributed by atoms with van der Waals surface area (Å²) in [5.41, 5.74) is 24.3. The molecule has 0 heterocycles. The lowest BCUT2D eigenvalue weighted by molar-refractivity contribution is 0.208. The van der Waals surface area contributed by atoms with Crippen LogP contribution in [0.3, 0.4) is 0 Å². The largest absolute Gasteiger partial charge is 0.505 e. The summed E-state index contributed by atoms with van der Waals surface area (Å²) in [5.74, 6) is -1.41. The number of phenolic OH excluding ortho intramolecular Hbond substituents is 2. The normalized spacial score (nSPS) is 12.1. The fourth-order valence-electron chi connectivity index (χ4n) is 8.84. The molecule has 0 saturated heterocycles. The number of hydrogen-bond acceptors (Lipinski definition) is 27. The zero-order valence-corrected chi connectivity index (χ0v) is 55.5. The first kappa shape index (κ1) is 76.5. The van der Waals surface area contributed by atoms with Crippen LogP contribution in [0.2, 0.25) is 0 Å². The highest BCUT2D eigenvalue weighted by Crippen LogP contribution is 2.45. The summed E-state index contributed by atoms with van der Waals surface area (Å²) >= 11 is 0. The molecule has 0 bridgehead atoms. The molecular weight excluding hydrogens is 1290 g/mol. The van der Waals surface area contributed by atoms with Gasteiger partial charge in [0.2, 0.25) is 0 Å². The zero-order chi connectivity index (χ0) is 70.2. The Labute approximate surface area is 550 Å². The van der Waals surface area contributed by atoms with Gasteiger partial charge in [-0.25, -0.2) is 0 Å². The smallest absolute Gasteiger partial charge is 0.296 e. The highest BCUT2D eigenvalue weighted by atomic mass is 32.2. The lowest BCUT2D eigenvalue weighted by atomic mass is 10.1. The summed E-state index contributed by atoms with van der Waals surface area (Å²) in [5, 5.41) is 83.3. The molecule has 30 nitrogen and oxygen atoms in total. The minimum Gasteiger partial charge on any atom is -0.505 e.